The molecule has 0 aliphatic carbocycles. The van der Waals surface area contributed by atoms with Crippen LogP contribution in [0.4, 0.5) is 24.5 Å². The SMILES string of the molecule is CC(=O)c1ccc(NC(=O)/C=C(/C)C(=O)Nc2ccc(Cl)c(C(F)(F)F)c2)cc1. The van der Waals surface area contributed by atoms with Crippen LogP contribution in [0.2, 0.25) is 5.02 Å². The maximum absolute atomic E-state index is 12.9. The minimum Gasteiger partial charge on any atom is -0.323 e. The van der Waals surface area contributed by atoms with Gasteiger partial charge in [0.15, 0.2) is 5.78 Å². The highest BCUT2D eigenvalue weighted by atomic mass is 35.5. The summed E-state index contributed by atoms with van der Waals surface area (Å²) in [5, 5.41) is 4.32. The lowest BCUT2D eigenvalue weighted by Crippen LogP contribution is -2.17. The van der Waals surface area contributed by atoms with E-state index in [1.807, 2.05) is 0 Å². The normalized spacial score (nSPS) is 11.7. The van der Waals surface area contributed by atoms with Gasteiger partial charge in [-0.25, -0.2) is 0 Å². The highest BCUT2D eigenvalue weighted by molar-refractivity contribution is 6.31. The van der Waals surface area contributed by atoms with Gasteiger partial charge in [-0.05, 0) is 56.3 Å². The highest BCUT2D eigenvalue weighted by Gasteiger charge is 2.33. The van der Waals surface area contributed by atoms with Crippen LogP contribution in [0.25, 0.3) is 0 Å². The first-order valence-electron chi connectivity index (χ1n) is 8.26. The van der Waals surface area contributed by atoms with Crippen molar-refractivity contribution in [2.24, 2.45) is 0 Å². The molecule has 0 aliphatic rings. The van der Waals surface area contributed by atoms with Crippen LogP contribution in [0.5, 0.6) is 0 Å². The van der Waals surface area contributed by atoms with Gasteiger partial charge in [0.1, 0.15) is 0 Å². The van der Waals surface area contributed by atoms with Gasteiger partial charge in [0, 0.05) is 28.6 Å². The Kier molecular flexibility index (Phi) is 6.81. The Hall–Kier alpha value is -3.13. The predicted molar refractivity (Wildman–Crippen MR) is 104 cm³/mol. The molecule has 0 spiro atoms. The summed E-state index contributed by atoms with van der Waals surface area (Å²) in [4.78, 5) is 35.4. The van der Waals surface area contributed by atoms with E-state index >= 15 is 0 Å². The summed E-state index contributed by atoms with van der Waals surface area (Å²) in [5.41, 5.74) is -0.316. The molecule has 0 unspecified atom stereocenters. The van der Waals surface area contributed by atoms with Gasteiger partial charge < -0.3 is 10.6 Å². The van der Waals surface area contributed by atoms with Gasteiger partial charge >= 0.3 is 6.18 Å². The molecule has 5 nitrogen and oxygen atoms in total. The zero-order valence-corrected chi connectivity index (χ0v) is 16.1. The number of halogens is 4. The number of rotatable bonds is 5. The van der Waals surface area contributed by atoms with Gasteiger partial charge in [-0.15, -0.1) is 0 Å². The number of nitrogens with one attached hydrogen (secondary N) is 2. The maximum Gasteiger partial charge on any atom is 0.417 e. The molecule has 9 heteroatoms. The molecular weight excluding hydrogens is 409 g/mol. The van der Waals surface area contributed by atoms with E-state index in [2.05, 4.69) is 10.6 Å². The number of hydrogen-bond donors (Lipinski definition) is 2. The molecule has 0 bridgehead atoms. The number of ketones is 1. The van der Waals surface area contributed by atoms with Gasteiger partial charge in [-0.2, -0.15) is 13.2 Å². The zero-order chi connectivity index (χ0) is 21.8. The number of carbonyl (C=O) groups excluding carboxylic acids is 3. The van der Waals surface area contributed by atoms with Gasteiger partial charge in [-0.3, -0.25) is 14.4 Å². The maximum atomic E-state index is 12.9. The average Bonchev–Trinajstić information content (AvgIpc) is 2.62. The van der Waals surface area contributed by atoms with E-state index in [1.54, 1.807) is 12.1 Å². The third kappa shape index (κ3) is 6.18. The molecule has 2 N–H and O–H groups in total. The number of anilines is 2. The number of carbonyl (C=O) groups is 3. The third-order valence-corrected chi connectivity index (χ3v) is 4.12. The predicted octanol–water partition coefficient (Wildman–Crippen LogP) is 5.08. The molecule has 2 rings (SSSR count). The summed E-state index contributed by atoms with van der Waals surface area (Å²) >= 11 is 5.54. The Morgan fingerprint density at radius 1 is 0.931 bits per heavy atom. The standard InChI is InChI=1S/C20H16ClF3N2O3/c1-11(9-18(28)25-14-5-3-13(4-6-14)12(2)27)19(29)26-15-7-8-17(21)16(10-15)20(22,23)24/h3-10H,1-2H3,(H,25,28)(H,26,29)/b11-9-. The molecule has 0 aromatic heterocycles. The van der Waals surface area contributed by atoms with E-state index in [0.717, 1.165) is 12.1 Å². The number of hydrogen-bond acceptors (Lipinski definition) is 3. The third-order valence-electron chi connectivity index (χ3n) is 3.79. The topological polar surface area (TPSA) is 75.3 Å². The lowest BCUT2D eigenvalue weighted by Gasteiger charge is -2.12. The molecule has 0 fully saturated rings. The monoisotopic (exact) mass is 424 g/mol. The lowest BCUT2D eigenvalue weighted by atomic mass is 10.1. The number of amides is 2. The van der Waals surface area contributed by atoms with Crippen LogP contribution in [-0.4, -0.2) is 17.6 Å². The second-order valence-electron chi connectivity index (χ2n) is 6.10. The Labute approximate surface area is 169 Å². The van der Waals surface area contributed by atoms with Crippen LogP contribution in [-0.2, 0) is 15.8 Å². The Morgan fingerprint density at radius 3 is 2.07 bits per heavy atom. The molecular formula is C20H16ClF3N2O3. The molecule has 0 heterocycles. The summed E-state index contributed by atoms with van der Waals surface area (Å²) in [6.45, 7) is 2.75. The van der Waals surface area contributed by atoms with Crippen LogP contribution in [0.1, 0.15) is 29.8 Å². The summed E-state index contributed by atoms with van der Waals surface area (Å²) in [6.07, 6.45) is -3.66. The smallest absolute Gasteiger partial charge is 0.323 e. The van der Waals surface area contributed by atoms with Crippen molar-refractivity contribution in [1.82, 2.24) is 0 Å². The second-order valence-corrected chi connectivity index (χ2v) is 6.50. The minimum atomic E-state index is -4.67. The molecule has 0 atom stereocenters. The molecule has 0 saturated heterocycles. The quantitative estimate of drug-likeness (QED) is 0.519. The van der Waals surface area contributed by atoms with Crippen molar-refractivity contribution in [3.63, 3.8) is 0 Å². The molecule has 2 aromatic carbocycles. The van der Waals surface area contributed by atoms with Crippen LogP contribution in [0.15, 0.2) is 54.1 Å². The number of alkyl halides is 3. The van der Waals surface area contributed by atoms with Crippen LogP contribution >= 0.6 is 11.6 Å². The summed E-state index contributed by atoms with van der Waals surface area (Å²) in [6, 6.07) is 9.11. The van der Waals surface area contributed by atoms with E-state index in [9.17, 15) is 27.6 Å². The molecule has 152 valence electrons. The van der Waals surface area contributed by atoms with E-state index in [4.69, 9.17) is 11.6 Å². The van der Waals surface area contributed by atoms with Crippen molar-refractivity contribution in [3.8, 4) is 0 Å². The highest BCUT2D eigenvalue weighted by Crippen LogP contribution is 2.36. The average molecular weight is 425 g/mol. The Morgan fingerprint density at radius 2 is 1.52 bits per heavy atom. The fourth-order valence-electron chi connectivity index (χ4n) is 2.28. The van der Waals surface area contributed by atoms with E-state index in [-0.39, 0.29) is 17.0 Å². The number of benzene rings is 2. The van der Waals surface area contributed by atoms with Crippen molar-refractivity contribution in [2.45, 2.75) is 20.0 Å². The summed E-state index contributed by atoms with van der Waals surface area (Å²) in [7, 11) is 0. The van der Waals surface area contributed by atoms with Crippen molar-refractivity contribution in [2.75, 3.05) is 10.6 Å². The zero-order valence-electron chi connectivity index (χ0n) is 15.4. The summed E-state index contributed by atoms with van der Waals surface area (Å²) < 4.78 is 38.7. The van der Waals surface area contributed by atoms with Crippen molar-refractivity contribution in [1.29, 1.82) is 0 Å². The molecule has 2 amide bonds. The van der Waals surface area contributed by atoms with Gasteiger partial charge in [0.25, 0.3) is 5.91 Å². The van der Waals surface area contributed by atoms with Crippen molar-refractivity contribution < 1.29 is 27.6 Å². The fourth-order valence-corrected chi connectivity index (χ4v) is 2.50. The molecule has 2 aromatic rings. The molecule has 0 aliphatic heterocycles. The first-order valence-corrected chi connectivity index (χ1v) is 8.63. The fraction of sp³-hybridized carbons (Fsp3) is 0.150. The first-order chi connectivity index (χ1) is 13.5. The molecule has 0 radical (unpaired) electrons. The minimum absolute atomic E-state index is 0.0219. The van der Waals surface area contributed by atoms with Gasteiger partial charge in [-0.1, -0.05) is 11.6 Å². The Bertz CT molecular complexity index is 983. The van der Waals surface area contributed by atoms with Gasteiger partial charge in [0.05, 0.1) is 10.6 Å². The molecule has 29 heavy (non-hydrogen) atoms. The van der Waals surface area contributed by atoms with E-state index < -0.39 is 28.6 Å². The molecule has 0 saturated carbocycles. The largest absolute Gasteiger partial charge is 0.417 e. The van der Waals surface area contributed by atoms with Crippen LogP contribution in [0, 0.1) is 0 Å². The van der Waals surface area contributed by atoms with Crippen molar-refractivity contribution in [3.05, 3.63) is 70.3 Å². The van der Waals surface area contributed by atoms with Crippen LogP contribution in [0.3, 0.4) is 0 Å². The number of Topliss-reactive ketones (excluding diaryl/α,β-unsaturated/α-hetero) is 1. The van der Waals surface area contributed by atoms with Crippen molar-refractivity contribution >= 4 is 40.6 Å². The first kappa shape index (κ1) is 22.2. The second kappa shape index (κ2) is 8.91. The summed E-state index contributed by atoms with van der Waals surface area (Å²) in [5.74, 6) is -1.48. The lowest BCUT2D eigenvalue weighted by molar-refractivity contribution is -0.137. The van der Waals surface area contributed by atoms with E-state index in [1.165, 1.54) is 32.0 Å². The van der Waals surface area contributed by atoms with Crippen LogP contribution < -0.4 is 10.6 Å². The Balaban J connectivity index is 2.06. The van der Waals surface area contributed by atoms with Gasteiger partial charge in [0.2, 0.25) is 5.91 Å². The van der Waals surface area contributed by atoms with E-state index in [0.29, 0.717) is 17.3 Å².